The molecule has 11 heteroatoms. The fourth-order valence-electron chi connectivity index (χ4n) is 4.63. The lowest BCUT2D eigenvalue weighted by molar-refractivity contribution is -0.137. The molecule has 0 atom stereocenters. The number of rotatable bonds is 3. The van der Waals surface area contributed by atoms with Crippen LogP contribution in [0.1, 0.15) is 15.9 Å². The third-order valence-corrected chi connectivity index (χ3v) is 6.48. The minimum Gasteiger partial charge on any atom is -0.477 e. The number of aryl methyl sites for hydroxylation is 1. The Balaban J connectivity index is 1.47. The highest BCUT2D eigenvalue weighted by molar-refractivity contribution is 6.07. The van der Waals surface area contributed by atoms with Gasteiger partial charge < -0.3 is 19.5 Å². The number of carboxylic acids is 1. The monoisotopic (exact) mass is 500 g/mol. The van der Waals surface area contributed by atoms with Crippen LogP contribution >= 0.6 is 0 Å². The number of piperazine rings is 1. The van der Waals surface area contributed by atoms with Gasteiger partial charge in [0.15, 0.2) is 0 Å². The maximum atomic E-state index is 15.3. The number of benzene rings is 2. The van der Waals surface area contributed by atoms with Crippen LogP contribution in [0.3, 0.4) is 0 Å². The predicted molar refractivity (Wildman–Crippen MR) is 127 cm³/mol. The van der Waals surface area contributed by atoms with E-state index in [4.69, 9.17) is 0 Å². The fraction of sp³-hybridized carbons (Fsp3) is 0.240. The molecule has 3 heterocycles. The molecule has 1 aliphatic heterocycles. The number of aromatic carboxylic acids is 1. The SMILES string of the molecule is Cn1cc(C(=O)O)c(=O)c2c3cc(F)c(N4CCN(c5cccc(C(F)(F)F)c5)CC4)cc3ncc21. The van der Waals surface area contributed by atoms with Gasteiger partial charge in [-0.15, -0.1) is 0 Å². The predicted octanol–water partition coefficient (Wildman–Crippen LogP) is 4.27. The largest absolute Gasteiger partial charge is 0.477 e. The van der Waals surface area contributed by atoms with E-state index in [2.05, 4.69) is 4.98 Å². The van der Waals surface area contributed by atoms with Crippen LogP contribution < -0.4 is 15.2 Å². The van der Waals surface area contributed by atoms with Crippen molar-refractivity contribution in [2.75, 3.05) is 36.0 Å². The molecule has 2 aromatic carbocycles. The fourth-order valence-corrected chi connectivity index (χ4v) is 4.63. The summed E-state index contributed by atoms with van der Waals surface area (Å²) in [4.78, 5) is 32.3. The molecule has 0 amide bonds. The van der Waals surface area contributed by atoms with Gasteiger partial charge in [-0.25, -0.2) is 9.18 Å². The number of nitrogens with zero attached hydrogens (tertiary/aromatic N) is 4. The molecule has 36 heavy (non-hydrogen) atoms. The normalized spacial score (nSPS) is 14.6. The third kappa shape index (κ3) is 4.00. The Labute approximate surface area is 201 Å². The van der Waals surface area contributed by atoms with Crippen molar-refractivity contribution >= 4 is 39.1 Å². The molecule has 0 aliphatic carbocycles. The average molecular weight is 500 g/mol. The number of fused-ring (bicyclic) bond motifs is 3. The number of anilines is 2. The summed E-state index contributed by atoms with van der Waals surface area (Å²) in [6.45, 7) is 1.48. The molecule has 1 aliphatic rings. The molecule has 1 N–H and O–H groups in total. The Morgan fingerprint density at radius 1 is 1.06 bits per heavy atom. The van der Waals surface area contributed by atoms with E-state index in [1.165, 1.54) is 35.2 Å². The second kappa shape index (κ2) is 8.51. The molecular weight excluding hydrogens is 480 g/mol. The molecule has 0 unspecified atom stereocenters. The first-order chi connectivity index (χ1) is 17.0. The third-order valence-electron chi connectivity index (χ3n) is 6.48. The molecule has 0 saturated carbocycles. The summed E-state index contributed by atoms with van der Waals surface area (Å²) in [5, 5.41) is 9.66. The van der Waals surface area contributed by atoms with Gasteiger partial charge in [-0.3, -0.25) is 9.78 Å². The van der Waals surface area contributed by atoms with Gasteiger partial charge in [0.2, 0.25) is 5.43 Å². The van der Waals surface area contributed by atoms with Crippen LogP contribution in [0, 0.1) is 5.82 Å². The van der Waals surface area contributed by atoms with E-state index in [0.717, 1.165) is 12.1 Å². The van der Waals surface area contributed by atoms with Crippen LogP contribution in [0.25, 0.3) is 21.8 Å². The molecule has 1 fully saturated rings. The zero-order valence-corrected chi connectivity index (χ0v) is 19.0. The molecule has 2 aromatic heterocycles. The van der Waals surface area contributed by atoms with E-state index in [9.17, 15) is 27.9 Å². The molecule has 5 rings (SSSR count). The van der Waals surface area contributed by atoms with Crippen molar-refractivity contribution in [1.82, 2.24) is 9.55 Å². The van der Waals surface area contributed by atoms with E-state index in [0.29, 0.717) is 42.9 Å². The number of carbonyl (C=O) groups is 1. The Hall–Kier alpha value is -4.15. The van der Waals surface area contributed by atoms with Crippen LogP contribution in [0.2, 0.25) is 0 Å². The molecule has 0 spiro atoms. The second-order valence-corrected chi connectivity index (χ2v) is 8.65. The lowest BCUT2D eigenvalue weighted by atomic mass is 10.1. The smallest absolute Gasteiger partial charge is 0.416 e. The molecular formula is C25H20F4N4O3. The quantitative estimate of drug-likeness (QED) is 0.335. The van der Waals surface area contributed by atoms with Crippen LogP contribution in [0.15, 0.2) is 53.6 Å². The summed E-state index contributed by atoms with van der Waals surface area (Å²) in [5.74, 6) is -1.98. The van der Waals surface area contributed by atoms with Crippen molar-refractivity contribution in [3.05, 3.63) is 76.0 Å². The van der Waals surface area contributed by atoms with Gasteiger partial charge in [0, 0.05) is 50.5 Å². The summed E-state index contributed by atoms with van der Waals surface area (Å²) >= 11 is 0. The van der Waals surface area contributed by atoms with Crippen LogP contribution in [-0.2, 0) is 13.2 Å². The van der Waals surface area contributed by atoms with Crippen molar-refractivity contribution in [3.63, 3.8) is 0 Å². The van der Waals surface area contributed by atoms with Crippen molar-refractivity contribution in [3.8, 4) is 0 Å². The number of halogens is 4. The first-order valence-corrected chi connectivity index (χ1v) is 11.1. The van der Waals surface area contributed by atoms with Crippen molar-refractivity contribution in [2.45, 2.75) is 6.18 Å². The van der Waals surface area contributed by atoms with Crippen LogP contribution in [0.4, 0.5) is 28.9 Å². The van der Waals surface area contributed by atoms with E-state index in [-0.39, 0.29) is 16.5 Å². The molecule has 7 nitrogen and oxygen atoms in total. The average Bonchev–Trinajstić information content (AvgIpc) is 2.85. The number of carboxylic acid groups (broad SMARTS) is 1. The number of alkyl halides is 3. The van der Waals surface area contributed by atoms with Crippen molar-refractivity contribution < 1.29 is 27.5 Å². The maximum absolute atomic E-state index is 15.3. The summed E-state index contributed by atoms with van der Waals surface area (Å²) in [6.07, 6.45) is -1.79. The van der Waals surface area contributed by atoms with Crippen molar-refractivity contribution in [2.24, 2.45) is 7.05 Å². The van der Waals surface area contributed by atoms with Gasteiger partial charge in [-0.05, 0) is 30.3 Å². The number of aromatic nitrogens is 2. The highest BCUT2D eigenvalue weighted by Crippen LogP contribution is 2.33. The Bertz CT molecular complexity index is 1570. The minimum atomic E-state index is -4.44. The van der Waals surface area contributed by atoms with E-state index in [1.807, 2.05) is 4.90 Å². The summed E-state index contributed by atoms with van der Waals surface area (Å²) in [6, 6.07) is 7.80. The summed E-state index contributed by atoms with van der Waals surface area (Å²) in [5.41, 5.74) is -0.458. The van der Waals surface area contributed by atoms with E-state index in [1.54, 1.807) is 18.0 Å². The molecule has 0 bridgehead atoms. The van der Waals surface area contributed by atoms with E-state index < -0.39 is 34.5 Å². The first kappa shape index (κ1) is 23.6. The zero-order chi connectivity index (χ0) is 25.8. The topological polar surface area (TPSA) is 78.7 Å². The lowest BCUT2D eigenvalue weighted by Crippen LogP contribution is -2.46. The molecule has 1 saturated heterocycles. The van der Waals surface area contributed by atoms with Gasteiger partial charge in [-0.1, -0.05) is 6.07 Å². The number of hydrogen-bond donors (Lipinski definition) is 1. The summed E-state index contributed by atoms with van der Waals surface area (Å²) < 4.78 is 56.0. The molecule has 4 aromatic rings. The number of hydrogen-bond acceptors (Lipinski definition) is 5. The van der Waals surface area contributed by atoms with Crippen molar-refractivity contribution in [1.29, 1.82) is 0 Å². The standard InChI is InChI=1S/C25H20F4N4O3/c1-31-13-17(24(35)36)23(34)22-16-10-18(26)20(11-19(16)30-12-21(22)31)33-7-5-32(6-8-33)15-4-2-3-14(9-15)25(27,28)29/h2-4,9-13H,5-8H2,1H3,(H,35,36). The van der Waals surface area contributed by atoms with Gasteiger partial charge in [0.05, 0.1) is 33.9 Å². The highest BCUT2D eigenvalue weighted by Gasteiger charge is 2.31. The van der Waals surface area contributed by atoms with Crippen LogP contribution in [0.5, 0.6) is 0 Å². The maximum Gasteiger partial charge on any atom is 0.416 e. The van der Waals surface area contributed by atoms with Gasteiger partial charge >= 0.3 is 12.1 Å². The van der Waals surface area contributed by atoms with Crippen LogP contribution in [-0.4, -0.2) is 46.8 Å². The van der Waals surface area contributed by atoms with E-state index >= 15 is 4.39 Å². The van der Waals surface area contributed by atoms with Gasteiger partial charge in [-0.2, -0.15) is 13.2 Å². The van der Waals surface area contributed by atoms with Gasteiger partial charge in [0.25, 0.3) is 0 Å². The Morgan fingerprint density at radius 2 is 1.75 bits per heavy atom. The molecule has 186 valence electrons. The zero-order valence-electron chi connectivity index (χ0n) is 19.0. The molecule has 0 radical (unpaired) electrons. The number of pyridine rings is 2. The Morgan fingerprint density at radius 3 is 2.42 bits per heavy atom. The lowest BCUT2D eigenvalue weighted by Gasteiger charge is -2.37. The van der Waals surface area contributed by atoms with Gasteiger partial charge in [0.1, 0.15) is 11.4 Å². The minimum absolute atomic E-state index is 0.0715. The summed E-state index contributed by atoms with van der Waals surface area (Å²) in [7, 11) is 1.58. The second-order valence-electron chi connectivity index (χ2n) is 8.65. The Kier molecular flexibility index (Phi) is 5.57. The first-order valence-electron chi connectivity index (χ1n) is 11.1. The highest BCUT2D eigenvalue weighted by atomic mass is 19.4.